The monoisotopic (exact) mass is 205 g/mol. The van der Waals surface area contributed by atoms with Crippen LogP contribution in [0.3, 0.4) is 0 Å². The summed E-state index contributed by atoms with van der Waals surface area (Å²) in [7, 11) is 0. The number of benzene rings is 1. The van der Waals surface area contributed by atoms with Crippen LogP contribution in [0.1, 0.15) is 17.2 Å². The van der Waals surface area contributed by atoms with Gasteiger partial charge in [0.25, 0.3) is 0 Å². The van der Waals surface area contributed by atoms with Gasteiger partial charge in [0.2, 0.25) is 0 Å². The van der Waals surface area contributed by atoms with E-state index in [2.05, 4.69) is 22.8 Å². The predicted molar refractivity (Wildman–Crippen MR) is 58.5 cm³/mol. The van der Waals surface area contributed by atoms with E-state index in [-0.39, 0.29) is 6.04 Å². The molecule has 2 amide bonds. The number of carbonyl (C=O) groups excluding carboxylic acids is 1. The first-order chi connectivity index (χ1) is 7.27. The standard InChI is InChI=1S/C11H15N3O/c12-11(15)14-7-10-9-4-2-1-3-8(9)5-6-13-10/h1-4,10,13H,5-7H2,(H3,12,14,15)/t10-/m0/s1. The smallest absolute Gasteiger partial charge is 0.312 e. The number of carbonyl (C=O) groups is 1. The van der Waals surface area contributed by atoms with Crippen molar-refractivity contribution in [2.75, 3.05) is 13.1 Å². The van der Waals surface area contributed by atoms with Crippen molar-refractivity contribution in [3.05, 3.63) is 35.4 Å². The average molecular weight is 205 g/mol. The fourth-order valence-corrected chi connectivity index (χ4v) is 1.98. The number of hydrogen-bond acceptors (Lipinski definition) is 2. The molecular formula is C11H15N3O. The van der Waals surface area contributed by atoms with E-state index >= 15 is 0 Å². The number of hydrogen-bond donors (Lipinski definition) is 3. The molecule has 0 aliphatic carbocycles. The second kappa shape index (κ2) is 4.31. The highest BCUT2D eigenvalue weighted by molar-refractivity contribution is 5.71. The van der Waals surface area contributed by atoms with Gasteiger partial charge in [-0.25, -0.2) is 4.79 Å². The molecule has 1 aliphatic heterocycles. The molecule has 1 heterocycles. The Morgan fingerprint density at radius 1 is 1.53 bits per heavy atom. The summed E-state index contributed by atoms with van der Waals surface area (Å²) >= 11 is 0. The van der Waals surface area contributed by atoms with Crippen LogP contribution in [0, 0.1) is 0 Å². The molecule has 1 aromatic carbocycles. The second-order valence-electron chi connectivity index (χ2n) is 3.70. The van der Waals surface area contributed by atoms with E-state index in [0.717, 1.165) is 13.0 Å². The van der Waals surface area contributed by atoms with Gasteiger partial charge < -0.3 is 16.4 Å². The van der Waals surface area contributed by atoms with Gasteiger partial charge in [0, 0.05) is 12.6 Å². The van der Waals surface area contributed by atoms with Crippen molar-refractivity contribution in [1.82, 2.24) is 10.6 Å². The summed E-state index contributed by atoms with van der Waals surface area (Å²) in [4.78, 5) is 10.6. The van der Waals surface area contributed by atoms with Gasteiger partial charge in [0.05, 0.1) is 0 Å². The van der Waals surface area contributed by atoms with E-state index in [4.69, 9.17) is 5.73 Å². The van der Waals surface area contributed by atoms with Crippen LogP contribution < -0.4 is 16.4 Å². The number of fused-ring (bicyclic) bond motifs is 1. The maximum absolute atomic E-state index is 10.6. The normalized spacial score (nSPS) is 19.3. The number of nitrogens with two attached hydrogens (primary N) is 1. The zero-order chi connectivity index (χ0) is 10.7. The lowest BCUT2D eigenvalue weighted by molar-refractivity contribution is 0.247. The van der Waals surface area contributed by atoms with Gasteiger partial charge in [-0.1, -0.05) is 24.3 Å². The first kappa shape index (κ1) is 9.98. The van der Waals surface area contributed by atoms with Crippen molar-refractivity contribution in [3.63, 3.8) is 0 Å². The van der Waals surface area contributed by atoms with E-state index in [1.165, 1.54) is 11.1 Å². The lowest BCUT2D eigenvalue weighted by Gasteiger charge is -2.26. The molecule has 1 aromatic rings. The maximum Gasteiger partial charge on any atom is 0.312 e. The quantitative estimate of drug-likeness (QED) is 0.659. The molecular weight excluding hydrogens is 190 g/mol. The number of rotatable bonds is 2. The van der Waals surface area contributed by atoms with E-state index < -0.39 is 6.03 Å². The van der Waals surface area contributed by atoms with Crippen LogP contribution >= 0.6 is 0 Å². The summed E-state index contributed by atoms with van der Waals surface area (Å²) in [5, 5.41) is 5.99. The highest BCUT2D eigenvalue weighted by atomic mass is 16.2. The molecule has 1 atom stereocenters. The van der Waals surface area contributed by atoms with Crippen molar-refractivity contribution in [2.45, 2.75) is 12.5 Å². The Morgan fingerprint density at radius 2 is 2.33 bits per heavy atom. The molecule has 0 spiro atoms. The molecule has 4 heteroatoms. The van der Waals surface area contributed by atoms with Crippen LogP contribution in [-0.2, 0) is 6.42 Å². The fraction of sp³-hybridized carbons (Fsp3) is 0.364. The number of nitrogens with one attached hydrogen (secondary N) is 2. The van der Waals surface area contributed by atoms with Gasteiger partial charge in [-0.3, -0.25) is 0 Å². The van der Waals surface area contributed by atoms with Gasteiger partial charge >= 0.3 is 6.03 Å². The van der Waals surface area contributed by atoms with E-state index in [1.807, 2.05) is 12.1 Å². The highest BCUT2D eigenvalue weighted by Gasteiger charge is 2.18. The van der Waals surface area contributed by atoms with Crippen molar-refractivity contribution < 1.29 is 4.79 Å². The Bertz CT molecular complexity index is 365. The summed E-state index contributed by atoms with van der Waals surface area (Å²) in [5.74, 6) is 0. The van der Waals surface area contributed by atoms with Gasteiger partial charge in [-0.15, -0.1) is 0 Å². The van der Waals surface area contributed by atoms with E-state index in [0.29, 0.717) is 6.54 Å². The molecule has 0 saturated carbocycles. The summed E-state index contributed by atoms with van der Waals surface area (Å²) in [6.07, 6.45) is 1.04. The molecule has 0 radical (unpaired) electrons. The fourth-order valence-electron chi connectivity index (χ4n) is 1.98. The molecule has 0 saturated heterocycles. The molecule has 0 bridgehead atoms. The SMILES string of the molecule is NC(=O)NC[C@@H]1NCCc2ccccc21. The van der Waals surface area contributed by atoms with Gasteiger partial charge in [0.15, 0.2) is 0 Å². The lowest BCUT2D eigenvalue weighted by atomic mass is 9.94. The minimum atomic E-state index is -0.472. The Balaban J connectivity index is 2.11. The summed E-state index contributed by atoms with van der Waals surface area (Å²) < 4.78 is 0. The van der Waals surface area contributed by atoms with Crippen LogP contribution in [0.15, 0.2) is 24.3 Å². The number of primary amides is 1. The largest absolute Gasteiger partial charge is 0.352 e. The van der Waals surface area contributed by atoms with E-state index in [9.17, 15) is 4.79 Å². The van der Waals surface area contributed by atoms with Crippen LogP contribution in [0.5, 0.6) is 0 Å². The van der Waals surface area contributed by atoms with Crippen molar-refractivity contribution in [3.8, 4) is 0 Å². The van der Waals surface area contributed by atoms with Crippen LogP contribution in [0.2, 0.25) is 0 Å². The highest BCUT2D eigenvalue weighted by Crippen LogP contribution is 2.21. The third kappa shape index (κ3) is 2.27. The summed E-state index contributed by atoms with van der Waals surface area (Å²) in [6.45, 7) is 1.49. The van der Waals surface area contributed by atoms with Crippen molar-refractivity contribution in [2.24, 2.45) is 5.73 Å². The van der Waals surface area contributed by atoms with Crippen molar-refractivity contribution >= 4 is 6.03 Å². The molecule has 4 nitrogen and oxygen atoms in total. The summed E-state index contributed by atoms with van der Waals surface area (Å²) in [6, 6.07) is 8.00. The molecule has 0 unspecified atom stereocenters. The zero-order valence-electron chi connectivity index (χ0n) is 8.49. The third-order valence-corrected chi connectivity index (χ3v) is 2.70. The number of amides is 2. The average Bonchev–Trinajstić information content (AvgIpc) is 2.26. The molecule has 4 N–H and O–H groups in total. The summed E-state index contributed by atoms with van der Waals surface area (Å²) in [5.41, 5.74) is 7.67. The van der Waals surface area contributed by atoms with Gasteiger partial charge in [0.1, 0.15) is 0 Å². The Morgan fingerprint density at radius 3 is 3.13 bits per heavy atom. The topological polar surface area (TPSA) is 67.2 Å². The first-order valence-electron chi connectivity index (χ1n) is 5.12. The van der Waals surface area contributed by atoms with E-state index in [1.54, 1.807) is 0 Å². The van der Waals surface area contributed by atoms with Gasteiger partial charge in [-0.05, 0) is 24.1 Å². The van der Waals surface area contributed by atoms with Crippen LogP contribution in [0.25, 0.3) is 0 Å². The number of urea groups is 1. The molecule has 2 rings (SSSR count). The Labute approximate surface area is 88.9 Å². The molecule has 0 fully saturated rings. The Hall–Kier alpha value is -1.55. The zero-order valence-corrected chi connectivity index (χ0v) is 8.49. The first-order valence-corrected chi connectivity index (χ1v) is 5.12. The second-order valence-corrected chi connectivity index (χ2v) is 3.70. The molecule has 1 aliphatic rings. The van der Waals surface area contributed by atoms with Crippen molar-refractivity contribution in [1.29, 1.82) is 0 Å². The van der Waals surface area contributed by atoms with Gasteiger partial charge in [-0.2, -0.15) is 0 Å². The minimum absolute atomic E-state index is 0.183. The molecule has 80 valence electrons. The molecule has 15 heavy (non-hydrogen) atoms. The Kier molecular flexibility index (Phi) is 2.87. The molecule has 0 aromatic heterocycles. The maximum atomic E-state index is 10.6. The van der Waals surface area contributed by atoms with Crippen LogP contribution in [-0.4, -0.2) is 19.1 Å². The van der Waals surface area contributed by atoms with Crippen LogP contribution in [0.4, 0.5) is 4.79 Å². The third-order valence-electron chi connectivity index (χ3n) is 2.70. The predicted octanol–water partition coefficient (Wildman–Crippen LogP) is 0.542. The minimum Gasteiger partial charge on any atom is -0.352 e. The lowest BCUT2D eigenvalue weighted by Crippen LogP contribution is -2.40.